The SMILES string of the molecule is CC(NCCC1CCCCO1)c1ccc2c(c1)CCO2. The Bertz CT molecular complexity index is 441. The van der Waals surface area contributed by atoms with Gasteiger partial charge in [-0.15, -0.1) is 0 Å². The van der Waals surface area contributed by atoms with Crippen LogP contribution in [0, 0.1) is 0 Å². The van der Waals surface area contributed by atoms with E-state index < -0.39 is 0 Å². The summed E-state index contributed by atoms with van der Waals surface area (Å²) in [5.41, 5.74) is 2.71. The third-order valence-electron chi connectivity index (χ3n) is 4.40. The Hall–Kier alpha value is -1.06. The monoisotopic (exact) mass is 275 g/mol. The van der Waals surface area contributed by atoms with Crippen molar-refractivity contribution in [3.63, 3.8) is 0 Å². The van der Waals surface area contributed by atoms with Crippen molar-refractivity contribution in [2.75, 3.05) is 19.8 Å². The quantitative estimate of drug-likeness (QED) is 0.895. The highest BCUT2D eigenvalue weighted by atomic mass is 16.5. The minimum atomic E-state index is 0.393. The summed E-state index contributed by atoms with van der Waals surface area (Å²) in [6, 6.07) is 6.97. The van der Waals surface area contributed by atoms with Crippen molar-refractivity contribution < 1.29 is 9.47 Å². The van der Waals surface area contributed by atoms with Crippen LogP contribution >= 0.6 is 0 Å². The van der Waals surface area contributed by atoms with E-state index in [4.69, 9.17) is 9.47 Å². The normalized spacial score (nSPS) is 23.1. The van der Waals surface area contributed by atoms with Gasteiger partial charge in [0.2, 0.25) is 0 Å². The summed E-state index contributed by atoms with van der Waals surface area (Å²) in [6.07, 6.45) is 6.43. The first-order chi connectivity index (χ1) is 9.83. The second kappa shape index (κ2) is 6.59. The van der Waals surface area contributed by atoms with Crippen molar-refractivity contribution in [3.05, 3.63) is 29.3 Å². The standard InChI is InChI=1S/C17H25NO2/c1-13(18-9-7-16-4-2-3-10-19-16)14-5-6-17-15(12-14)8-11-20-17/h5-6,12-13,16,18H,2-4,7-11H2,1H3. The topological polar surface area (TPSA) is 30.5 Å². The smallest absolute Gasteiger partial charge is 0.122 e. The van der Waals surface area contributed by atoms with Gasteiger partial charge in [-0.3, -0.25) is 0 Å². The molecule has 1 fully saturated rings. The molecule has 1 aromatic carbocycles. The summed E-state index contributed by atoms with van der Waals surface area (Å²) < 4.78 is 11.3. The summed E-state index contributed by atoms with van der Waals surface area (Å²) >= 11 is 0. The summed E-state index contributed by atoms with van der Waals surface area (Å²) in [4.78, 5) is 0. The molecule has 2 aliphatic heterocycles. The first-order valence-corrected chi connectivity index (χ1v) is 7.93. The van der Waals surface area contributed by atoms with Crippen LogP contribution in [-0.4, -0.2) is 25.9 Å². The first kappa shape index (κ1) is 13.9. The molecule has 0 aromatic heterocycles. The lowest BCUT2D eigenvalue weighted by molar-refractivity contribution is 0.0112. The minimum Gasteiger partial charge on any atom is -0.493 e. The van der Waals surface area contributed by atoms with Gasteiger partial charge >= 0.3 is 0 Å². The molecule has 1 saturated heterocycles. The molecule has 110 valence electrons. The van der Waals surface area contributed by atoms with E-state index in [2.05, 4.69) is 30.4 Å². The Morgan fingerprint density at radius 3 is 3.10 bits per heavy atom. The van der Waals surface area contributed by atoms with E-state index in [1.807, 2.05) is 0 Å². The maximum atomic E-state index is 5.77. The molecular weight excluding hydrogens is 250 g/mol. The van der Waals surface area contributed by atoms with Crippen molar-refractivity contribution in [2.24, 2.45) is 0 Å². The lowest BCUT2D eigenvalue weighted by atomic mass is 10.0. The predicted octanol–water partition coefficient (Wildman–Crippen LogP) is 3.23. The molecule has 0 spiro atoms. The number of nitrogens with one attached hydrogen (secondary N) is 1. The molecule has 2 unspecified atom stereocenters. The molecule has 2 aliphatic rings. The highest BCUT2D eigenvalue weighted by molar-refractivity contribution is 5.40. The number of hydrogen-bond acceptors (Lipinski definition) is 3. The van der Waals surface area contributed by atoms with Crippen molar-refractivity contribution in [1.82, 2.24) is 5.32 Å². The van der Waals surface area contributed by atoms with Crippen molar-refractivity contribution in [1.29, 1.82) is 0 Å². The van der Waals surface area contributed by atoms with Crippen LogP contribution in [0.25, 0.3) is 0 Å². The summed E-state index contributed by atoms with van der Waals surface area (Å²) in [7, 11) is 0. The molecular formula is C17H25NO2. The molecule has 0 amide bonds. The van der Waals surface area contributed by atoms with Crippen LogP contribution in [0.3, 0.4) is 0 Å². The van der Waals surface area contributed by atoms with Crippen LogP contribution in [0.4, 0.5) is 0 Å². The Labute approximate surface area is 121 Å². The van der Waals surface area contributed by atoms with Crippen LogP contribution in [0.2, 0.25) is 0 Å². The van der Waals surface area contributed by atoms with Crippen LogP contribution in [0.15, 0.2) is 18.2 Å². The third-order valence-corrected chi connectivity index (χ3v) is 4.40. The number of ether oxygens (including phenoxy) is 2. The maximum absolute atomic E-state index is 5.77. The average Bonchev–Trinajstić information content (AvgIpc) is 2.95. The number of fused-ring (bicyclic) bond motifs is 1. The molecule has 20 heavy (non-hydrogen) atoms. The zero-order valence-corrected chi connectivity index (χ0v) is 12.4. The molecule has 0 radical (unpaired) electrons. The molecule has 0 bridgehead atoms. The average molecular weight is 275 g/mol. The second-order valence-corrected chi connectivity index (χ2v) is 5.92. The highest BCUT2D eigenvalue weighted by Gasteiger charge is 2.16. The highest BCUT2D eigenvalue weighted by Crippen LogP contribution is 2.28. The fraction of sp³-hybridized carbons (Fsp3) is 0.647. The van der Waals surface area contributed by atoms with E-state index in [0.717, 1.165) is 38.3 Å². The summed E-state index contributed by atoms with van der Waals surface area (Å²) in [6.45, 7) is 5.04. The van der Waals surface area contributed by atoms with E-state index in [0.29, 0.717) is 12.1 Å². The maximum Gasteiger partial charge on any atom is 0.122 e. The fourth-order valence-electron chi connectivity index (χ4n) is 3.09. The van der Waals surface area contributed by atoms with Crippen LogP contribution in [-0.2, 0) is 11.2 Å². The van der Waals surface area contributed by atoms with Gasteiger partial charge in [-0.05, 0) is 56.3 Å². The number of rotatable bonds is 5. The van der Waals surface area contributed by atoms with Crippen LogP contribution in [0.1, 0.15) is 49.8 Å². The van der Waals surface area contributed by atoms with Gasteiger partial charge < -0.3 is 14.8 Å². The van der Waals surface area contributed by atoms with E-state index in [-0.39, 0.29) is 0 Å². The fourth-order valence-corrected chi connectivity index (χ4v) is 3.09. The van der Waals surface area contributed by atoms with Crippen LogP contribution < -0.4 is 10.1 Å². The zero-order chi connectivity index (χ0) is 13.8. The van der Waals surface area contributed by atoms with E-state index in [1.165, 1.54) is 30.4 Å². The molecule has 0 aliphatic carbocycles. The molecule has 0 saturated carbocycles. The van der Waals surface area contributed by atoms with Crippen LogP contribution in [0.5, 0.6) is 5.75 Å². The molecule has 2 heterocycles. The molecule has 3 nitrogen and oxygen atoms in total. The van der Waals surface area contributed by atoms with Crippen molar-refractivity contribution >= 4 is 0 Å². The van der Waals surface area contributed by atoms with Gasteiger partial charge in [-0.1, -0.05) is 12.1 Å². The van der Waals surface area contributed by atoms with E-state index in [9.17, 15) is 0 Å². The Kier molecular flexibility index (Phi) is 4.58. The van der Waals surface area contributed by atoms with Gasteiger partial charge in [0.05, 0.1) is 12.7 Å². The molecule has 3 heteroatoms. The van der Waals surface area contributed by atoms with E-state index in [1.54, 1.807) is 0 Å². The first-order valence-electron chi connectivity index (χ1n) is 7.93. The Morgan fingerprint density at radius 2 is 2.25 bits per heavy atom. The number of hydrogen-bond donors (Lipinski definition) is 1. The van der Waals surface area contributed by atoms with Gasteiger partial charge in [-0.2, -0.15) is 0 Å². The lowest BCUT2D eigenvalue weighted by Gasteiger charge is -2.23. The van der Waals surface area contributed by atoms with Gasteiger partial charge in [-0.25, -0.2) is 0 Å². The number of benzene rings is 1. The van der Waals surface area contributed by atoms with Gasteiger partial charge in [0.1, 0.15) is 5.75 Å². The van der Waals surface area contributed by atoms with Gasteiger partial charge in [0.15, 0.2) is 0 Å². The van der Waals surface area contributed by atoms with Gasteiger partial charge in [0, 0.05) is 19.1 Å². The summed E-state index contributed by atoms with van der Waals surface area (Å²) in [5.74, 6) is 1.07. The van der Waals surface area contributed by atoms with Crippen molar-refractivity contribution in [3.8, 4) is 5.75 Å². The third kappa shape index (κ3) is 3.33. The van der Waals surface area contributed by atoms with Gasteiger partial charge in [0.25, 0.3) is 0 Å². The molecule has 2 atom stereocenters. The molecule has 1 aromatic rings. The predicted molar refractivity (Wildman–Crippen MR) is 80.3 cm³/mol. The minimum absolute atomic E-state index is 0.393. The summed E-state index contributed by atoms with van der Waals surface area (Å²) in [5, 5.41) is 3.62. The second-order valence-electron chi connectivity index (χ2n) is 5.92. The molecule has 1 N–H and O–H groups in total. The van der Waals surface area contributed by atoms with E-state index >= 15 is 0 Å². The Balaban J connectivity index is 1.47. The molecule has 3 rings (SSSR count). The van der Waals surface area contributed by atoms with Crippen molar-refractivity contribution in [2.45, 2.75) is 51.2 Å². The zero-order valence-electron chi connectivity index (χ0n) is 12.4. The largest absolute Gasteiger partial charge is 0.493 e. The lowest BCUT2D eigenvalue weighted by Crippen LogP contribution is -2.27. The Morgan fingerprint density at radius 1 is 1.30 bits per heavy atom.